The van der Waals surface area contributed by atoms with E-state index in [9.17, 15) is 4.79 Å². The predicted octanol–water partition coefficient (Wildman–Crippen LogP) is 1.99. The number of nitrogens with one attached hydrogen (secondary N) is 1. The van der Waals surface area contributed by atoms with Crippen molar-refractivity contribution in [1.82, 2.24) is 15.2 Å². The van der Waals surface area contributed by atoms with Crippen LogP contribution in [0.2, 0.25) is 0 Å². The van der Waals surface area contributed by atoms with E-state index in [4.69, 9.17) is 10.5 Å². The highest BCUT2D eigenvalue weighted by Gasteiger charge is 2.15. The van der Waals surface area contributed by atoms with Gasteiger partial charge in [0.2, 0.25) is 5.82 Å². The number of ether oxygens (including phenoxy) is 1. The molecule has 6 nitrogen and oxygen atoms in total. The van der Waals surface area contributed by atoms with Crippen molar-refractivity contribution in [1.29, 1.82) is 0 Å². The van der Waals surface area contributed by atoms with Gasteiger partial charge in [-0.05, 0) is 25.1 Å². The molecule has 1 heterocycles. The molecule has 0 fully saturated rings. The van der Waals surface area contributed by atoms with Crippen molar-refractivity contribution in [2.75, 3.05) is 12.3 Å². The number of hydrogen-bond acceptors (Lipinski definition) is 5. The van der Waals surface area contributed by atoms with Crippen LogP contribution in [0.15, 0.2) is 22.7 Å². The van der Waals surface area contributed by atoms with Gasteiger partial charge in [-0.15, -0.1) is 0 Å². The number of anilines is 1. The Kier molecular flexibility index (Phi) is 3.61. The molecule has 0 radical (unpaired) electrons. The Morgan fingerprint density at radius 3 is 3.00 bits per heavy atom. The number of rotatable bonds is 3. The fourth-order valence-electron chi connectivity index (χ4n) is 1.41. The van der Waals surface area contributed by atoms with Gasteiger partial charge < -0.3 is 10.5 Å². The molecule has 0 bridgehead atoms. The third-order valence-electron chi connectivity index (χ3n) is 2.21. The Morgan fingerprint density at radius 1 is 1.56 bits per heavy atom. The molecule has 1 aromatic heterocycles. The van der Waals surface area contributed by atoms with Crippen LogP contribution in [0.5, 0.6) is 0 Å². The summed E-state index contributed by atoms with van der Waals surface area (Å²) < 4.78 is 5.68. The number of H-pyrrole nitrogens is 1. The normalized spacial score (nSPS) is 10.3. The summed E-state index contributed by atoms with van der Waals surface area (Å²) >= 11 is 3.32. The first-order valence-corrected chi connectivity index (χ1v) is 6.06. The van der Waals surface area contributed by atoms with Gasteiger partial charge in [-0.25, -0.2) is 9.78 Å². The molecule has 0 saturated carbocycles. The molecule has 0 atom stereocenters. The molecule has 0 spiro atoms. The zero-order chi connectivity index (χ0) is 13.1. The third kappa shape index (κ3) is 2.51. The number of esters is 1. The van der Waals surface area contributed by atoms with Gasteiger partial charge in [0, 0.05) is 15.7 Å². The average Bonchev–Trinajstić information content (AvgIpc) is 2.78. The van der Waals surface area contributed by atoms with E-state index in [2.05, 4.69) is 31.1 Å². The summed E-state index contributed by atoms with van der Waals surface area (Å²) in [5.41, 5.74) is 7.04. The number of carbonyl (C=O) groups excluding carboxylic acids is 1. The van der Waals surface area contributed by atoms with Crippen LogP contribution >= 0.6 is 15.9 Å². The van der Waals surface area contributed by atoms with Crippen LogP contribution in [-0.2, 0) is 4.74 Å². The van der Waals surface area contributed by atoms with E-state index in [1.165, 1.54) is 0 Å². The van der Waals surface area contributed by atoms with Crippen molar-refractivity contribution in [3.63, 3.8) is 0 Å². The number of nitrogens with two attached hydrogens (primary N) is 1. The molecule has 18 heavy (non-hydrogen) atoms. The van der Waals surface area contributed by atoms with Crippen LogP contribution in [0.3, 0.4) is 0 Å². The Labute approximate surface area is 112 Å². The number of halogens is 1. The van der Waals surface area contributed by atoms with Gasteiger partial charge >= 0.3 is 5.97 Å². The molecule has 0 unspecified atom stereocenters. The first-order valence-electron chi connectivity index (χ1n) is 5.26. The van der Waals surface area contributed by atoms with Gasteiger partial charge in [-0.1, -0.05) is 15.9 Å². The SMILES string of the molecule is CCOC(=O)c1nc(-c2ccc(Br)cc2N)n[nH]1. The van der Waals surface area contributed by atoms with Crippen molar-refractivity contribution in [3.05, 3.63) is 28.5 Å². The second-order valence-electron chi connectivity index (χ2n) is 3.46. The second kappa shape index (κ2) is 5.18. The minimum absolute atomic E-state index is 0.0640. The number of carbonyl (C=O) groups is 1. The topological polar surface area (TPSA) is 93.9 Å². The van der Waals surface area contributed by atoms with Gasteiger partial charge in [0.1, 0.15) is 0 Å². The number of aromatic amines is 1. The first-order chi connectivity index (χ1) is 8.61. The fraction of sp³-hybridized carbons (Fsp3) is 0.182. The smallest absolute Gasteiger partial charge is 0.375 e. The molecule has 0 aliphatic heterocycles. The molecule has 2 rings (SSSR count). The Hall–Kier alpha value is -1.89. The number of nitrogen functional groups attached to an aromatic ring is 1. The average molecular weight is 311 g/mol. The van der Waals surface area contributed by atoms with E-state index in [1.54, 1.807) is 19.1 Å². The minimum atomic E-state index is -0.535. The summed E-state index contributed by atoms with van der Waals surface area (Å²) in [6, 6.07) is 5.35. The number of hydrogen-bond donors (Lipinski definition) is 2. The van der Waals surface area contributed by atoms with Gasteiger partial charge in [-0.2, -0.15) is 5.10 Å². The highest BCUT2D eigenvalue weighted by Crippen LogP contribution is 2.25. The van der Waals surface area contributed by atoms with Gasteiger partial charge in [0.15, 0.2) is 5.82 Å². The van der Waals surface area contributed by atoms with Crippen LogP contribution in [0, 0.1) is 0 Å². The van der Waals surface area contributed by atoms with Crippen molar-refractivity contribution >= 4 is 27.6 Å². The Bertz CT molecular complexity index is 582. The zero-order valence-electron chi connectivity index (χ0n) is 9.61. The van der Waals surface area contributed by atoms with Gasteiger partial charge in [0.05, 0.1) is 6.61 Å². The summed E-state index contributed by atoms with van der Waals surface area (Å²) in [6.07, 6.45) is 0. The molecule has 0 aliphatic carbocycles. The summed E-state index contributed by atoms with van der Waals surface area (Å²) in [5, 5.41) is 6.48. The summed E-state index contributed by atoms with van der Waals surface area (Å²) in [6.45, 7) is 2.01. The quantitative estimate of drug-likeness (QED) is 0.668. The molecule has 1 aromatic carbocycles. The molecule has 0 saturated heterocycles. The van der Waals surface area contributed by atoms with Gasteiger partial charge in [-0.3, -0.25) is 5.10 Å². The lowest BCUT2D eigenvalue weighted by Gasteiger charge is -2.01. The maximum Gasteiger partial charge on any atom is 0.375 e. The lowest BCUT2D eigenvalue weighted by molar-refractivity contribution is 0.0512. The molecule has 94 valence electrons. The van der Waals surface area contributed by atoms with E-state index >= 15 is 0 Å². The summed E-state index contributed by atoms with van der Waals surface area (Å²) in [5.74, 6) is -0.107. The Morgan fingerprint density at radius 2 is 2.33 bits per heavy atom. The number of aromatic nitrogens is 3. The maximum absolute atomic E-state index is 11.4. The van der Waals surface area contributed by atoms with Crippen LogP contribution in [0.1, 0.15) is 17.5 Å². The van der Waals surface area contributed by atoms with Crippen LogP contribution in [0.25, 0.3) is 11.4 Å². The molecule has 3 N–H and O–H groups in total. The van der Waals surface area contributed by atoms with Crippen molar-refractivity contribution in [2.24, 2.45) is 0 Å². The van der Waals surface area contributed by atoms with Gasteiger partial charge in [0.25, 0.3) is 0 Å². The maximum atomic E-state index is 11.4. The standard InChI is InChI=1S/C11H11BrN4O2/c1-2-18-11(17)10-14-9(15-16-10)7-4-3-6(12)5-8(7)13/h3-5H,2,13H2,1H3,(H,14,15,16). The van der Waals surface area contributed by atoms with E-state index in [1.807, 2.05) is 6.07 Å². The molecule has 0 amide bonds. The number of benzene rings is 1. The fourth-order valence-corrected chi connectivity index (χ4v) is 1.79. The third-order valence-corrected chi connectivity index (χ3v) is 2.70. The first kappa shape index (κ1) is 12.6. The predicted molar refractivity (Wildman–Crippen MR) is 69.9 cm³/mol. The second-order valence-corrected chi connectivity index (χ2v) is 4.38. The highest BCUT2D eigenvalue weighted by molar-refractivity contribution is 9.10. The van der Waals surface area contributed by atoms with Crippen LogP contribution < -0.4 is 5.73 Å². The van der Waals surface area contributed by atoms with E-state index in [0.29, 0.717) is 17.1 Å². The van der Waals surface area contributed by atoms with E-state index < -0.39 is 5.97 Å². The van der Waals surface area contributed by atoms with E-state index in [0.717, 1.165) is 4.47 Å². The lowest BCUT2D eigenvalue weighted by Crippen LogP contribution is -2.06. The Balaban J connectivity index is 2.32. The van der Waals surface area contributed by atoms with Crippen LogP contribution in [0.4, 0.5) is 5.69 Å². The van der Waals surface area contributed by atoms with E-state index in [-0.39, 0.29) is 12.4 Å². The molecular weight excluding hydrogens is 300 g/mol. The monoisotopic (exact) mass is 310 g/mol. The van der Waals surface area contributed by atoms with Crippen molar-refractivity contribution in [2.45, 2.75) is 6.92 Å². The lowest BCUT2D eigenvalue weighted by atomic mass is 10.2. The zero-order valence-corrected chi connectivity index (χ0v) is 11.2. The molecule has 0 aliphatic rings. The number of nitrogens with zero attached hydrogens (tertiary/aromatic N) is 2. The molecular formula is C11H11BrN4O2. The summed E-state index contributed by atoms with van der Waals surface area (Å²) in [4.78, 5) is 15.5. The molecule has 7 heteroatoms. The van der Waals surface area contributed by atoms with Crippen molar-refractivity contribution < 1.29 is 9.53 Å². The highest BCUT2D eigenvalue weighted by atomic mass is 79.9. The molecule has 2 aromatic rings. The largest absolute Gasteiger partial charge is 0.460 e. The van der Waals surface area contributed by atoms with Crippen molar-refractivity contribution in [3.8, 4) is 11.4 Å². The summed E-state index contributed by atoms with van der Waals surface area (Å²) in [7, 11) is 0. The minimum Gasteiger partial charge on any atom is -0.460 e. The van der Waals surface area contributed by atoms with Crippen LogP contribution in [-0.4, -0.2) is 27.8 Å².